The molecule has 7 nitrogen and oxygen atoms in total. The standard InChI is InChI=1S/C27H27ClN4O3/c1-19-11-12-21(17-24(19)30-26(34)20-7-3-2-4-8-20)27(35)32-15-13-31(14-16-32)18-25(33)29-23-10-6-5-9-22(23)28/h2-12,17H,13-16,18H2,1H3,(H,29,33)(H,30,34). The quantitative estimate of drug-likeness (QED) is 0.540. The third kappa shape index (κ3) is 6.26. The lowest BCUT2D eigenvalue weighted by atomic mass is 10.1. The summed E-state index contributed by atoms with van der Waals surface area (Å²) in [6, 6.07) is 21.4. The van der Waals surface area contributed by atoms with E-state index in [9.17, 15) is 14.4 Å². The molecule has 1 fully saturated rings. The van der Waals surface area contributed by atoms with E-state index in [1.807, 2.05) is 48.2 Å². The van der Waals surface area contributed by atoms with Crippen LogP contribution in [-0.4, -0.2) is 60.2 Å². The number of aryl methyl sites for hydroxylation is 1. The van der Waals surface area contributed by atoms with Crippen LogP contribution < -0.4 is 10.6 Å². The summed E-state index contributed by atoms with van der Waals surface area (Å²) in [6.07, 6.45) is 0. The van der Waals surface area contributed by atoms with E-state index >= 15 is 0 Å². The van der Waals surface area contributed by atoms with Gasteiger partial charge in [-0.25, -0.2) is 0 Å². The predicted molar refractivity (Wildman–Crippen MR) is 138 cm³/mol. The summed E-state index contributed by atoms with van der Waals surface area (Å²) in [5.74, 6) is -0.461. The van der Waals surface area contributed by atoms with Crippen molar-refractivity contribution in [2.75, 3.05) is 43.4 Å². The third-order valence-electron chi connectivity index (χ3n) is 5.94. The summed E-state index contributed by atoms with van der Waals surface area (Å²) in [5, 5.41) is 6.23. The van der Waals surface area contributed by atoms with Crippen LogP contribution in [0.25, 0.3) is 0 Å². The van der Waals surface area contributed by atoms with Gasteiger partial charge in [0.15, 0.2) is 0 Å². The van der Waals surface area contributed by atoms with E-state index in [0.29, 0.717) is 53.7 Å². The van der Waals surface area contributed by atoms with Gasteiger partial charge in [-0.1, -0.05) is 48.0 Å². The highest BCUT2D eigenvalue weighted by Crippen LogP contribution is 2.21. The summed E-state index contributed by atoms with van der Waals surface area (Å²) in [6.45, 7) is 4.32. The number of carbonyl (C=O) groups is 3. The normalized spacial score (nSPS) is 13.8. The number of halogens is 1. The largest absolute Gasteiger partial charge is 0.336 e. The van der Waals surface area contributed by atoms with Crippen molar-refractivity contribution in [3.05, 3.63) is 94.5 Å². The lowest BCUT2D eigenvalue weighted by Crippen LogP contribution is -2.50. The van der Waals surface area contributed by atoms with Gasteiger partial charge in [-0.3, -0.25) is 19.3 Å². The Morgan fingerprint density at radius 2 is 1.49 bits per heavy atom. The monoisotopic (exact) mass is 490 g/mol. The number of piperazine rings is 1. The van der Waals surface area contributed by atoms with Crippen LogP contribution in [0.5, 0.6) is 0 Å². The molecule has 35 heavy (non-hydrogen) atoms. The lowest BCUT2D eigenvalue weighted by Gasteiger charge is -2.34. The van der Waals surface area contributed by atoms with Crippen LogP contribution in [0.2, 0.25) is 5.02 Å². The molecule has 0 saturated carbocycles. The van der Waals surface area contributed by atoms with Gasteiger partial charge in [0.2, 0.25) is 5.91 Å². The summed E-state index contributed by atoms with van der Waals surface area (Å²) >= 11 is 6.11. The van der Waals surface area contributed by atoms with Crippen molar-refractivity contribution < 1.29 is 14.4 Å². The Kier molecular flexibility index (Phi) is 7.80. The maximum Gasteiger partial charge on any atom is 0.255 e. The van der Waals surface area contributed by atoms with Crippen LogP contribution in [0.15, 0.2) is 72.8 Å². The maximum atomic E-state index is 13.1. The number of benzene rings is 3. The Morgan fingerprint density at radius 1 is 0.800 bits per heavy atom. The first-order valence-electron chi connectivity index (χ1n) is 11.4. The molecule has 2 N–H and O–H groups in total. The molecule has 0 atom stereocenters. The van der Waals surface area contributed by atoms with Crippen LogP contribution >= 0.6 is 11.6 Å². The highest BCUT2D eigenvalue weighted by molar-refractivity contribution is 6.33. The van der Waals surface area contributed by atoms with Crippen LogP contribution in [0.3, 0.4) is 0 Å². The third-order valence-corrected chi connectivity index (χ3v) is 6.27. The average Bonchev–Trinajstić information content (AvgIpc) is 2.87. The molecule has 3 aromatic rings. The predicted octanol–water partition coefficient (Wildman–Crippen LogP) is 4.30. The molecule has 0 aliphatic carbocycles. The molecule has 1 saturated heterocycles. The Balaban J connectivity index is 1.32. The van der Waals surface area contributed by atoms with Crippen molar-refractivity contribution in [3.63, 3.8) is 0 Å². The van der Waals surface area contributed by atoms with Gasteiger partial charge in [-0.2, -0.15) is 0 Å². The fraction of sp³-hybridized carbons (Fsp3) is 0.222. The zero-order chi connectivity index (χ0) is 24.8. The van der Waals surface area contributed by atoms with Gasteiger partial charge in [-0.15, -0.1) is 0 Å². The first kappa shape index (κ1) is 24.4. The zero-order valence-corrected chi connectivity index (χ0v) is 20.2. The smallest absolute Gasteiger partial charge is 0.255 e. The summed E-state index contributed by atoms with van der Waals surface area (Å²) in [5.41, 5.74) is 3.14. The number of para-hydroxylation sites is 1. The van der Waals surface area contributed by atoms with Gasteiger partial charge in [0.05, 0.1) is 17.3 Å². The van der Waals surface area contributed by atoms with E-state index in [1.54, 1.807) is 41.3 Å². The second-order valence-electron chi connectivity index (χ2n) is 8.45. The van der Waals surface area contributed by atoms with Gasteiger partial charge in [0, 0.05) is 43.0 Å². The van der Waals surface area contributed by atoms with Gasteiger partial charge >= 0.3 is 0 Å². The molecule has 8 heteroatoms. The molecule has 0 spiro atoms. The minimum Gasteiger partial charge on any atom is -0.336 e. The topological polar surface area (TPSA) is 81.8 Å². The van der Waals surface area contributed by atoms with Crippen molar-refractivity contribution >= 4 is 40.7 Å². The van der Waals surface area contributed by atoms with Crippen LogP contribution in [0, 0.1) is 6.92 Å². The van der Waals surface area contributed by atoms with Crippen LogP contribution in [0.4, 0.5) is 11.4 Å². The fourth-order valence-corrected chi connectivity index (χ4v) is 4.10. The van der Waals surface area contributed by atoms with E-state index in [1.165, 1.54) is 0 Å². The highest BCUT2D eigenvalue weighted by Gasteiger charge is 2.24. The molecule has 3 amide bonds. The Morgan fingerprint density at radius 3 is 2.20 bits per heavy atom. The summed E-state index contributed by atoms with van der Waals surface area (Å²) in [7, 11) is 0. The van der Waals surface area contributed by atoms with E-state index < -0.39 is 0 Å². The van der Waals surface area contributed by atoms with Crippen molar-refractivity contribution in [2.24, 2.45) is 0 Å². The van der Waals surface area contributed by atoms with Crippen LogP contribution in [-0.2, 0) is 4.79 Å². The van der Waals surface area contributed by atoms with Crippen molar-refractivity contribution in [3.8, 4) is 0 Å². The SMILES string of the molecule is Cc1ccc(C(=O)N2CCN(CC(=O)Nc3ccccc3Cl)CC2)cc1NC(=O)c1ccccc1. The number of nitrogens with one attached hydrogen (secondary N) is 2. The molecular weight excluding hydrogens is 464 g/mol. The highest BCUT2D eigenvalue weighted by atomic mass is 35.5. The number of amides is 3. The first-order chi connectivity index (χ1) is 16.9. The number of carbonyl (C=O) groups excluding carboxylic acids is 3. The number of rotatable bonds is 6. The van der Waals surface area contributed by atoms with E-state index in [-0.39, 0.29) is 24.3 Å². The second kappa shape index (κ2) is 11.2. The number of nitrogens with zero attached hydrogens (tertiary/aromatic N) is 2. The van der Waals surface area contributed by atoms with Crippen molar-refractivity contribution in [1.82, 2.24) is 9.80 Å². The fourth-order valence-electron chi connectivity index (χ4n) is 3.92. The van der Waals surface area contributed by atoms with Crippen LogP contribution in [0.1, 0.15) is 26.3 Å². The van der Waals surface area contributed by atoms with Gasteiger partial charge < -0.3 is 15.5 Å². The van der Waals surface area contributed by atoms with Gasteiger partial charge in [-0.05, 0) is 48.9 Å². The molecule has 180 valence electrons. The minimum absolute atomic E-state index is 0.0969. The molecule has 3 aromatic carbocycles. The molecule has 1 heterocycles. The second-order valence-corrected chi connectivity index (χ2v) is 8.85. The molecule has 0 unspecified atom stereocenters. The molecule has 1 aliphatic rings. The van der Waals surface area contributed by atoms with E-state index in [2.05, 4.69) is 10.6 Å². The Hall–Kier alpha value is -3.68. The first-order valence-corrected chi connectivity index (χ1v) is 11.8. The average molecular weight is 491 g/mol. The maximum absolute atomic E-state index is 13.1. The van der Waals surface area contributed by atoms with Gasteiger partial charge in [0.25, 0.3) is 11.8 Å². The molecular formula is C27H27ClN4O3. The molecule has 1 aliphatic heterocycles. The van der Waals surface area contributed by atoms with Crippen molar-refractivity contribution in [2.45, 2.75) is 6.92 Å². The molecule has 4 rings (SSSR count). The number of hydrogen-bond donors (Lipinski definition) is 2. The summed E-state index contributed by atoms with van der Waals surface area (Å²) < 4.78 is 0. The Bertz CT molecular complexity index is 1220. The minimum atomic E-state index is -0.220. The van der Waals surface area contributed by atoms with Gasteiger partial charge in [0.1, 0.15) is 0 Å². The van der Waals surface area contributed by atoms with Crippen molar-refractivity contribution in [1.29, 1.82) is 0 Å². The number of hydrogen-bond acceptors (Lipinski definition) is 4. The zero-order valence-electron chi connectivity index (χ0n) is 19.5. The Labute approximate surface area is 209 Å². The summed E-state index contributed by atoms with van der Waals surface area (Å²) in [4.78, 5) is 41.9. The molecule has 0 aromatic heterocycles. The molecule has 0 bridgehead atoms. The molecule has 0 radical (unpaired) electrons. The lowest BCUT2D eigenvalue weighted by molar-refractivity contribution is -0.117. The van der Waals surface area contributed by atoms with E-state index in [0.717, 1.165) is 5.56 Å². The van der Waals surface area contributed by atoms with E-state index in [4.69, 9.17) is 11.6 Å². The number of anilines is 2.